The Morgan fingerprint density at radius 2 is 2.18 bits per heavy atom. The van der Waals surface area contributed by atoms with E-state index >= 15 is 0 Å². The molecule has 1 fully saturated rings. The second-order valence-corrected chi connectivity index (χ2v) is 4.57. The fourth-order valence-corrected chi connectivity index (χ4v) is 2.28. The lowest BCUT2D eigenvalue weighted by molar-refractivity contribution is -0.119. The zero-order chi connectivity index (χ0) is 12.3. The van der Waals surface area contributed by atoms with Crippen LogP contribution in [-0.4, -0.2) is 41.7 Å². The third-order valence-electron chi connectivity index (χ3n) is 3.23. The van der Waals surface area contributed by atoms with E-state index in [0.29, 0.717) is 13.1 Å². The molecule has 4 nitrogen and oxygen atoms in total. The smallest absolute Gasteiger partial charge is 0.226 e. The van der Waals surface area contributed by atoms with Crippen molar-refractivity contribution in [3.63, 3.8) is 0 Å². The van der Waals surface area contributed by atoms with Gasteiger partial charge in [0.25, 0.3) is 0 Å². The maximum absolute atomic E-state index is 11.5. The summed E-state index contributed by atoms with van der Waals surface area (Å²) in [6.07, 6.45) is 0.514. The van der Waals surface area contributed by atoms with Crippen LogP contribution in [0.5, 0.6) is 0 Å². The van der Waals surface area contributed by atoms with E-state index in [2.05, 4.69) is 4.90 Å². The van der Waals surface area contributed by atoms with E-state index in [0.717, 1.165) is 18.5 Å². The summed E-state index contributed by atoms with van der Waals surface area (Å²) in [6.45, 7) is 2.06. The summed E-state index contributed by atoms with van der Waals surface area (Å²) in [5.41, 5.74) is 6.40. The molecule has 0 bridgehead atoms. The number of rotatable bonds is 4. The Hall–Kier alpha value is -1.39. The maximum atomic E-state index is 11.5. The molecule has 0 radical (unpaired) electrons. The molecule has 1 aromatic carbocycles. The molecule has 1 aliphatic rings. The molecule has 1 heterocycles. The number of aliphatic hydroxyl groups is 1. The molecule has 92 valence electrons. The average Bonchev–Trinajstić information content (AvgIpc) is 2.73. The van der Waals surface area contributed by atoms with Crippen molar-refractivity contribution >= 4 is 5.91 Å². The summed E-state index contributed by atoms with van der Waals surface area (Å²) in [7, 11) is 0. The number of amides is 1. The lowest BCUT2D eigenvalue weighted by atomic mass is 9.98. The van der Waals surface area contributed by atoms with Gasteiger partial charge in [-0.15, -0.1) is 0 Å². The van der Waals surface area contributed by atoms with Crippen LogP contribution in [0.1, 0.15) is 17.9 Å². The molecule has 17 heavy (non-hydrogen) atoms. The van der Waals surface area contributed by atoms with Gasteiger partial charge in [0.2, 0.25) is 5.91 Å². The fourth-order valence-electron chi connectivity index (χ4n) is 2.28. The molecule has 1 aromatic rings. The SMILES string of the molecule is NC(=O)[C@H](CN1CCC(O)C1)c1ccccc1. The van der Waals surface area contributed by atoms with Gasteiger partial charge in [-0.2, -0.15) is 0 Å². The first-order valence-corrected chi connectivity index (χ1v) is 5.91. The number of hydrogen-bond donors (Lipinski definition) is 2. The van der Waals surface area contributed by atoms with Crippen molar-refractivity contribution in [2.45, 2.75) is 18.4 Å². The highest BCUT2D eigenvalue weighted by Gasteiger charge is 2.26. The largest absolute Gasteiger partial charge is 0.392 e. The second kappa shape index (κ2) is 5.29. The van der Waals surface area contributed by atoms with E-state index < -0.39 is 0 Å². The van der Waals surface area contributed by atoms with Gasteiger partial charge in [0, 0.05) is 19.6 Å². The zero-order valence-electron chi connectivity index (χ0n) is 9.75. The highest BCUT2D eigenvalue weighted by molar-refractivity contribution is 5.82. The molecule has 0 saturated carbocycles. The van der Waals surface area contributed by atoms with E-state index in [-0.39, 0.29) is 17.9 Å². The predicted molar refractivity (Wildman–Crippen MR) is 65.4 cm³/mol. The normalized spacial score (nSPS) is 22.5. The highest BCUT2D eigenvalue weighted by Crippen LogP contribution is 2.19. The zero-order valence-corrected chi connectivity index (χ0v) is 9.75. The van der Waals surface area contributed by atoms with E-state index in [1.807, 2.05) is 30.3 Å². The van der Waals surface area contributed by atoms with E-state index in [1.54, 1.807) is 0 Å². The van der Waals surface area contributed by atoms with Crippen molar-refractivity contribution in [3.8, 4) is 0 Å². The van der Waals surface area contributed by atoms with E-state index in [9.17, 15) is 9.90 Å². The molecule has 1 saturated heterocycles. The van der Waals surface area contributed by atoms with Gasteiger partial charge < -0.3 is 10.8 Å². The molecule has 2 rings (SSSR count). The summed E-state index contributed by atoms with van der Waals surface area (Å²) in [5.74, 6) is -0.598. The van der Waals surface area contributed by atoms with Crippen LogP contribution in [0.3, 0.4) is 0 Å². The Balaban J connectivity index is 2.06. The molecule has 4 heteroatoms. The van der Waals surface area contributed by atoms with Crippen LogP contribution < -0.4 is 5.73 Å². The lowest BCUT2D eigenvalue weighted by Crippen LogP contribution is -2.34. The molecule has 2 atom stereocenters. The van der Waals surface area contributed by atoms with E-state index in [4.69, 9.17) is 5.73 Å². The molecular weight excluding hydrogens is 216 g/mol. The van der Waals surface area contributed by atoms with Crippen molar-refractivity contribution < 1.29 is 9.90 Å². The molecule has 0 aliphatic carbocycles. The molecule has 0 spiro atoms. The van der Waals surface area contributed by atoms with Crippen LogP contribution >= 0.6 is 0 Å². The Morgan fingerprint density at radius 3 is 2.71 bits per heavy atom. The molecule has 1 aliphatic heterocycles. The number of nitrogens with zero attached hydrogens (tertiary/aromatic N) is 1. The van der Waals surface area contributed by atoms with Gasteiger partial charge in [-0.05, 0) is 12.0 Å². The minimum atomic E-state index is -0.308. The van der Waals surface area contributed by atoms with Crippen molar-refractivity contribution in [2.75, 3.05) is 19.6 Å². The predicted octanol–water partition coefficient (Wildman–Crippen LogP) is 0.322. The van der Waals surface area contributed by atoms with Crippen LogP contribution in [-0.2, 0) is 4.79 Å². The van der Waals surface area contributed by atoms with Gasteiger partial charge in [0.1, 0.15) is 0 Å². The Labute approximate surface area is 101 Å². The third-order valence-corrected chi connectivity index (χ3v) is 3.23. The van der Waals surface area contributed by atoms with Gasteiger partial charge in [-0.25, -0.2) is 0 Å². The van der Waals surface area contributed by atoms with Crippen LogP contribution in [0.25, 0.3) is 0 Å². The van der Waals surface area contributed by atoms with E-state index in [1.165, 1.54) is 0 Å². The average molecular weight is 234 g/mol. The standard InChI is InChI=1S/C13H18N2O2/c14-13(17)12(10-4-2-1-3-5-10)9-15-7-6-11(16)8-15/h1-5,11-12,16H,6-9H2,(H2,14,17)/t11?,12-/m1/s1. The quantitative estimate of drug-likeness (QED) is 0.788. The molecule has 0 aromatic heterocycles. The first-order valence-electron chi connectivity index (χ1n) is 5.91. The van der Waals surface area contributed by atoms with Gasteiger partial charge >= 0.3 is 0 Å². The Bertz CT molecular complexity index is 380. The van der Waals surface area contributed by atoms with Crippen molar-refractivity contribution in [1.82, 2.24) is 4.90 Å². The highest BCUT2D eigenvalue weighted by atomic mass is 16.3. The number of aliphatic hydroxyl groups excluding tert-OH is 1. The number of β-amino-alcohol motifs (C(OH)–C–C–N with tert-alkyl or cyclic N) is 1. The van der Waals surface area contributed by atoms with Gasteiger partial charge in [0.15, 0.2) is 0 Å². The number of hydrogen-bond acceptors (Lipinski definition) is 3. The molecule has 3 N–H and O–H groups in total. The number of carbonyl (C=O) groups excluding carboxylic acids is 1. The number of carbonyl (C=O) groups is 1. The summed E-state index contributed by atoms with van der Waals surface area (Å²) in [5, 5.41) is 9.46. The molecular formula is C13H18N2O2. The summed E-state index contributed by atoms with van der Waals surface area (Å²) < 4.78 is 0. The first kappa shape index (κ1) is 12.1. The van der Waals surface area contributed by atoms with Gasteiger partial charge in [0.05, 0.1) is 12.0 Å². The molecule has 1 unspecified atom stereocenters. The van der Waals surface area contributed by atoms with Crippen molar-refractivity contribution in [3.05, 3.63) is 35.9 Å². The van der Waals surface area contributed by atoms with Gasteiger partial charge in [-0.1, -0.05) is 30.3 Å². The number of nitrogens with two attached hydrogens (primary N) is 1. The summed E-state index contributed by atoms with van der Waals surface area (Å²) in [4.78, 5) is 13.6. The van der Waals surface area contributed by atoms with Crippen LogP contribution in [0, 0.1) is 0 Å². The molecule has 1 amide bonds. The third kappa shape index (κ3) is 3.05. The Morgan fingerprint density at radius 1 is 1.47 bits per heavy atom. The first-order chi connectivity index (χ1) is 8.16. The minimum Gasteiger partial charge on any atom is -0.392 e. The van der Waals surface area contributed by atoms with Crippen molar-refractivity contribution in [1.29, 1.82) is 0 Å². The van der Waals surface area contributed by atoms with Crippen LogP contribution in [0.4, 0.5) is 0 Å². The number of likely N-dealkylation sites (tertiary alicyclic amines) is 1. The maximum Gasteiger partial charge on any atom is 0.226 e. The van der Waals surface area contributed by atoms with Crippen LogP contribution in [0.2, 0.25) is 0 Å². The van der Waals surface area contributed by atoms with Crippen LogP contribution in [0.15, 0.2) is 30.3 Å². The topological polar surface area (TPSA) is 66.6 Å². The Kier molecular flexibility index (Phi) is 3.76. The van der Waals surface area contributed by atoms with Gasteiger partial charge in [-0.3, -0.25) is 9.69 Å². The minimum absolute atomic E-state index is 0.265. The second-order valence-electron chi connectivity index (χ2n) is 4.57. The fraction of sp³-hybridized carbons (Fsp3) is 0.462. The number of primary amides is 1. The lowest BCUT2D eigenvalue weighted by Gasteiger charge is -2.21. The summed E-state index contributed by atoms with van der Waals surface area (Å²) >= 11 is 0. The monoisotopic (exact) mass is 234 g/mol. The number of benzene rings is 1. The van der Waals surface area contributed by atoms with Crippen molar-refractivity contribution in [2.24, 2.45) is 5.73 Å². The summed E-state index contributed by atoms with van der Waals surface area (Å²) in [6, 6.07) is 9.57.